The summed E-state index contributed by atoms with van der Waals surface area (Å²) in [6.45, 7) is 3.59. The number of hydrogen-bond acceptors (Lipinski definition) is 4. The SMILES string of the molecule is Cc1ccc2c(C)c1OC(=O)c1ccc(cc1)C(=O)O2. The summed E-state index contributed by atoms with van der Waals surface area (Å²) in [6.07, 6.45) is 0. The van der Waals surface area contributed by atoms with Gasteiger partial charge in [0.2, 0.25) is 0 Å². The molecule has 4 bridgehead atoms. The predicted molar refractivity (Wildman–Crippen MR) is 72.3 cm³/mol. The van der Waals surface area contributed by atoms with Crippen LogP contribution in [0.3, 0.4) is 0 Å². The second-order valence-electron chi connectivity index (χ2n) is 4.69. The number of aryl methyl sites for hydroxylation is 1. The van der Waals surface area contributed by atoms with E-state index in [4.69, 9.17) is 9.47 Å². The molecular weight excluding hydrogens is 256 g/mol. The molecule has 2 aromatic rings. The van der Waals surface area contributed by atoms with Crippen molar-refractivity contribution in [2.75, 3.05) is 0 Å². The van der Waals surface area contributed by atoms with Gasteiger partial charge >= 0.3 is 11.9 Å². The average molecular weight is 268 g/mol. The van der Waals surface area contributed by atoms with E-state index in [9.17, 15) is 9.59 Å². The molecule has 4 heteroatoms. The fourth-order valence-electron chi connectivity index (χ4n) is 2.13. The minimum Gasteiger partial charge on any atom is -0.423 e. The van der Waals surface area contributed by atoms with E-state index < -0.39 is 11.9 Å². The van der Waals surface area contributed by atoms with E-state index in [1.807, 2.05) is 6.92 Å². The molecule has 100 valence electrons. The molecule has 0 saturated carbocycles. The molecule has 2 heterocycles. The van der Waals surface area contributed by atoms with Crippen molar-refractivity contribution in [1.82, 2.24) is 0 Å². The Morgan fingerprint density at radius 1 is 0.750 bits per heavy atom. The van der Waals surface area contributed by atoms with Gasteiger partial charge in [-0.2, -0.15) is 0 Å². The van der Waals surface area contributed by atoms with Crippen LogP contribution in [0, 0.1) is 13.8 Å². The fourth-order valence-corrected chi connectivity index (χ4v) is 2.13. The number of hydrogen-bond donors (Lipinski definition) is 0. The molecule has 0 atom stereocenters. The van der Waals surface area contributed by atoms with E-state index in [-0.39, 0.29) is 0 Å². The number of fused-ring (bicyclic) bond motifs is 4. The van der Waals surface area contributed by atoms with Crippen LogP contribution < -0.4 is 9.47 Å². The van der Waals surface area contributed by atoms with Crippen molar-refractivity contribution >= 4 is 11.9 Å². The van der Waals surface area contributed by atoms with Gasteiger partial charge in [-0.05, 0) is 49.7 Å². The van der Waals surface area contributed by atoms with Crippen LogP contribution in [-0.4, -0.2) is 11.9 Å². The summed E-state index contributed by atoms with van der Waals surface area (Å²) < 4.78 is 10.8. The maximum atomic E-state index is 12.1. The Hall–Kier alpha value is -2.62. The molecule has 4 nitrogen and oxygen atoms in total. The number of carbonyl (C=O) groups is 2. The average Bonchev–Trinajstić information content (AvgIpc) is 2.47. The van der Waals surface area contributed by atoms with Crippen LogP contribution in [0.5, 0.6) is 11.5 Å². The molecule has 2 aromatic carbocycles. The molecule has 0 radical (unpaired) electrons. The van der Waals surface area contributed by atoms with E-state index in [1.165, 1.54) is 0 Å². The lowest BCUT2D eigenvalue weighted by molar-refractivity contribution is 0.0731. The summed E-state index contributed by atoms with van der Waals surface area (Å²) in [7, 11) is 0. The van der Waals surface area contributed by atoms with E-state index in [2.05, 4.69) is 0 Å². The topological polar surface area (TPSA) is 52.6 Å². The zero-order valence-corrected chi connectivity index (χ0v) is 11.1. The molecule has 0 unspecified atom stereocenters. The Morgan fingerprint density at radius 2 is 1.30 bits per heavy atom. The second kappa shape index (κ2) is 4.49. The van der Waals surface area contributed by atoms with E-state index >= 15 is 0 Å². The van der Waals surface area contributed by atoms with Gasteiger partial charge in [0.1, 0.15) is 11.5 Å². The fraction of sp³-hybridized carbons (Fsp3) is 0.125. The predicted octanol–water partition coefficient (Wildman–Crippen LogP) is 3.06. The van der Waals surface area contributed by atoms with Crippen LogP contribution in [0.2, 0.25) is 0 Å². The third-order valence-corrected chi connectivity index (χ3v) is 3.31. The highest BCUT2D eigenvalue weighted by Gasteiger charge is 2.19. The van der Waals surface area contributed by atoms with Crippen LogP contribution >= 0.6 is 0 Å². The number of carbonyl (C=O) groups excluding carboxylic acids is 2. The van der Waals surface area contributed by atoms with Gasteiger partial charge in [-0.25, -0.2) is 9.59 Å². The van der Waals surface area contributed by atoms with Gasteiger partial charge in [-0.3, -0.25) is 0 Å². The number of benzene rings is 2. The monoisotopic (exact) mass is 268 g/mol. The van der Waals surface area contributed by atoms with Crippen molar-refractivity contribution in [3.8, 4) is 11.5 Å². The minimum absolute atomic E-state index is 0.393. The minimum atomic E-state index is -0.455. The molecule has 0 aromatic heterocycles. The van der Waals surface area contributed by atoms with Gasteiger partial charge in [0.15, 0.2) is 0 Å². The Balaban J connectivity index is 2.22. The van der Waals surface area contributed by atoms with Crippen molar-refractivity contribution in [1.29, 1.82) is 0 Å². The third-order valence-electron chi connectivity index (χ3n) is 3.31. The maximum Gasteiger partial charge on any atom is 0.343 e. The van der Waals surface area contributed by atoms with Crippen molar-refractivity contribution < 1.29 is 19.1 Å². The molecule has 0 aliphatic carbocycles. The highest BCUT2D eigenvalue weighted by Crippen LogP contribution is 2.32. The Bertz CT molecular complexity index is 714. The molecule has 4 rings (SSSR count). The zero-order chi connectivity index (χ0) is 14.3. The van der Waals surface area contributed by atoms with Gasteiger partial charge in [0, 0.05) is 5.56 Å². The van der Waals surface area contributed by atoms with Crippen molar-refractivity contribution in [2.24, 2.45) is 0 Å². The van der Waals surface area contributed by atoms with E-state index in [0.29, 0.717) is 28.2 Å². The second-order valence-corrected chi connectivity index (χ2v) is 4.69. The lowest BCUT2D eigenvalue weighted by atomic mass is 10.1. The van der Waals surface area contributed by atoms with Gasteiger partial charge < -0.3 is 9.47 Å². The molecule has 2 aliphatic heterocycles. The highest BCUT2D eigenvalue weighted by molar-refractivity contribution is 5.95. The first-order chi connectivity index (χ1) is 9.56. The first-order valence-electron chi connectivity index (χ1n) is 6.21. The Labute approximate surface area is 115 Å². The van der Waals surface area contributed by atoms with Gasteiger partial charge in [0.05, 0.1) is 11.1 Å². The van der Waals surface area contributed by atoms with Crippen molar-refractivity contribution in [3.05, 3.63) is 58.7 Å². The first kappa shape index (κ1) is 12.4. The van der Waals surface area contributed by atoms with Gasteiger partial charge in [0.25, 0.3) is 0 Å². The van der Waals surface area contributed by atoms with Gasteiger partial charge in [-0.15, -0.1) is 0 Å². The molecule has 2 aliphatic rings. The smallest absolute Gasteiger partial charge is 0.343 e. The molecule has 0 amide bonds. The largest absolute Gasteiger partial charge is 0.423 e. The standard InChI is InChI=1S/C16H12O4/c1-9-3-8-13-10(2)14(9)20-16(18)12-6-4-11(5-7-12)15(17)19-13/h3-8H,1-2H3. The first-order valence-corrected chi connectivity index (χ1v) is 6.21. The molecule has 0 saturated heterocycles. The maximum absolute atomic E-state index is 12.1. The van der Waals surface area contributed by atoms with Gasteiger partial charge in [-0.1, -0.05) is 6.07 Å². The summed E-state index contributed by atoms with van der Waals surface area (Å²) >= 11 is 0. The Morgan fingerprint density at radius 3 is 1.90 bits per heavy atom. The molecule has 0 N–H and O–H groups in total. The van der Waals surface area contributed by atoms with E-state index in [1.54, 1.807) is 43.3 Å². The summed E-state index contributed by atoms with van der Waals surface area (Å²) in [5.41, 5.74) is 2.23. The third kappa shape index (κ3) is 1.95. The van der Waals surface area contributed by atoms with Crippen molar-refractivity contribution in [2.45, 2.75) is 13.8 Å². The van der Waals surface area contributed by atoms with Crippen LogP contribution in [0.25, 0.3) is 0 Å². The summed E-state index contributed by atoms with van der Waals surface area (Å²) in [6, 6.07) is 9.67. The number of esters is 2. The van der Waals surface area contributed by atoms with Crippen LogP contribution in [0.1, 0.15) is 31.8 Å². The molecule has 20 heavy (non-hydrogen) atoms. The number of ether oxygens (including phenoxy) is 2. The summed E-state index contributed by atoms with van der Waals surface area (Å²) in [4.78, 5) is 24.1. The highest BCUT2D eigenvalue weighted by atomic mass is 16.5. The number of rotatable bonds is 0. The van der Waals surface area contributed by atoms with Crippen LogP contribution in [0.15, 0.2) is 36.4 Å². The van der Waals surface area contributed by atoms with Crippen LogP contribution in [-0.2, 0) is 0 Å². The van der Waals surface area contributed by atoms with Crippen molar-refractivity contribution in [3.63, 3.8) is 0 Å². The normalized spacial score (nSPS) is 13.5. The summed E-state index contributed by atoms with van der Waals surface area (Å²) in [5.74, 6) is -0.0731. The lowest BCUT2D eigenvalue weighted by Gasteiger charge is -2.13. The quantitative estimate of drug-likeness (QED) is 0.544. The zero-order valence-electron chi connectivity index (χ0n) is 11.1. The summed E-state index contributed by atoms with van der Waals surface area (Å²) in [5, 5.41) is 0. The Kier molecular flexibility index (Phi) is 2.79. The van der Waals surface area contributed by atoms with E-state index in [0.717, 1.165) is 5.56 Å². The molecule has 0 fully saturated rings. The lowest BCUT2D eigenvalue weighted by Crippen LogP contribution is -2.10. The molecule has 0 spiro atoms. The van der Waals surface area contributed by atoms with Crippen LogP contribution in [0.4, 0.5) is 0 Å². The molecular formula is C16H12O4.